The fourth-order valence-corrected chi connectivity index (χ4v) is 2.89. The van der Waals surface area contributed by atoms with E-state index in [0.29, 0.717) is 30.4 Å². The first-order valence-corrected chi connectivity index (χ1v) is 9.31. The Hall–Kier alpha value is -3.21. The zero-order chi connectivity index (χ0) is 20.7. The molecule has 0 aliphatic rings. The third kappa shape index (κ3) is 6.71. The van der Waals surface area contributed by atoms with Gasteiger partial charge in [-0.2, -0.15) is 13.2 Å². The van der Waals surface area contributed by atoms with Crippen molar-refractivity contribution in [1.29, 1.82) is 0 Å². The van der Waals surface area contributed by atoms with Gasteiger partial charge in [-0.05, 0) is 48.2 Å². The van der Waals surface area contributed by atoms with E-state index < -0.39 is 11.5 Å². The van der Waals surface area contributed by atoms with Crippen molar-refractivity contribution in [1.82, 2.24) is 19.9 Å². The van der Waals surface area contributed by atoms with Crippen LogP contribution in [0.2, 0.25) is 0 Å². The van der Waals surface area contributed by atoms with E-state index in [9.17, 15) is 18.0 Å². The fraction of sp³-hybridized carbons (Fsp3) is 0.167. The van der Waals surface area contributed by atoms with E-state index in [1.165, 1.54) is 30.6 Å². The van der Waals surface area contributed by atoms with Gasteiger partial charge >= 0.3 is 11.5 Å². The van der Waals surface area contributed by atoms with Crippen LogP contribution in [0, 0.1) is 0 Å². The molecule has 7 nitrogen and oxygen atoms in total. The third-order valence-corrected chi connectivity index (χ3v) is 4.32. The Labute approximate surface area is 168 Å². The second-order valence-electron chi connectivity index (χ2n) is 5.73. The molecule has 2 heterocycles. The Morgan fingerprint density at radius 1 is 1.07 bits per heavy atom. The zero-order valence-corrected chi connectivity index (χ0v) is 15.8. The van der Waals surface area contributed by atoms with Crippen molar-refractivity contribution in [3.05, 3.63) is 61.2 Å². The van der Waals surface area contributed by atoms with E-state index >= 15 is 0 Å². The molecule has 2 aromatic heterocycles. The summed E-state index contributed by atoms with van der Waals surface area (Å²) in [5.74, 6) is 1.33. The van der Waals surface area contributed by atoms with Crippen LogP contribution in [-0.2, 0) is 0 Å². The summed E-state index contributed by atoms with van der Waals surface area (Å²) in [7, 11) is 0. The molecule has 3 aromatic rings. The van der Waals surface area contributed by atoms with Crippen LogP contribution >= 0.6 is 11.8 Å². The molecule has 3 N–H and O–H groups in total. The Morgan fingerprint density at radius 3 is 2.48 bits per heavy atom. The molecule has 0 aliphatic heterocycles. The summed E-state index contributed by atoms with van der Waals surface area (Å²) < 4.78 is 38.8. The number of alkyl halides is 3. The van der Waals surface area contributed by atoms with Gasteiger partial charge in [0.25, 0.3) is 0 Å². The number of urea groups is 1. The molecule has 0 atom stereocenters. The standard InChI is InChI=1S/C18H17F3N6OS/c19-18(20,21)29-14-5-3-13(4-6-14)26-17(28)23-8-7-22-15-11-16(25-12-24-15)27-9-1-2-10-27/h1-6,9-12H,7-8H2,(H,22,24,25)(H2,23,26,28). The normalized spacial score (nSPS) is 11.1. The number of carbonyl (C=O) groups excluding carboxylic acids is 1. The van der Waals surface area contributed by atoms with Crippen LogP contribution < -0.4 is 16.0 Å². The first-order chi connectivity index (χ1) is 13.9. The van der Waals surface area contributed by atoms with Gasteiger partial charge in [0.15, 0.2) is 0 Å². The average molecular weight is 422 g/mol. The van der Waals surface area contributed by atoms with E-state index in [2.05, 4.69) is 25.9 Å². The van der Waals surface area contributed by atoms with Gasteiger partial charge in [-0.3, -0.25) is 0 Å². The van der Waals surface area contributed by atoms with Crippen LogP contribution in [0.4, 0.5) is 29.5 Å². The quantitative estimate of drug-likeness (QED) is 0.394. The second kappa shape index (κ2) is 9.32. The smallest absolute Gasteiger partial charge is 0.368 e. The molecule has 0 bridgehead atoms. The molecule has 2 amide bonds. The number of rotatable bonds is 7. The summed E-state index contributed by atoms with van der Waals surface area (Å²) in [6.07, 6.45) is 5.18. The van der Waals surface area contributed by atoms with Crippen molar-refractivity contribution in [2.75, 3.05) is 23.7 Å². The first-order valence-electron chi connectivity index (χ1n) is 8.49. The lowest BCUT2D eigenvalue weighted by Gasteiger charge is -2.10. The number of carbonyl (C=O) groups is 1. The van der Waals surface area contributed by atoms with E-state index in [-0.39, 0.29) is 16.7 Å². The number of nitrogens with zero attached hydrogens (tertiary/aromatic N) is 3. The van der Waals surface area contributed by atoms with Gasteiger partial charge in [-0.25, -0.2) is 14.8 Å². The zero-order valence-electron chi connectivity index (χ0n) is 15.0. The molecule has 11 heteroatoms. The largest absolute Gasteiger partial charge is 0.446 e. The minimum Gasteiger partial charge on any atom is -0.368 e. The number of amides is 2. The van der Waals surface area contributed by atoms with Gasteiger partial charge in [-0.15, -0.1) is 0 Å². The maximum Gasteiger partial charge on any atom is 0.446 e. The SMILES string of the molecule is O=C(NCCNc1cc(-n2cccc2)ncn1)Nc1ccc(SC(F)(F)F)cc1. The molecule has 29 heavy (non-hydrogen) atoms. The summed E-state index contributed by atoms with van der Waals surface area (Å²) in [5, 5.41) is 8.29. The van der Waals surface area contributed by atoms with Crippen molar-refractivity contribution in [3.8, 4) is 5.82 Å². The summed E-state index contributed by atoms with van der Waals surface area (Å²) in [4.78, 5) is 20.2. The van der Waals surface area contributed by atoms with Crippen LogP contribution in [0.15, 0.2) is 66.1 Å². The van der Waals surface area contributed by atoms with E-state index in [1.807, 2.05) is 29.1 Å². The Kier molecular flexibility index (Phi) is 6.60. The lowest BCUT2D eigenvalue weighted by molar-refractivity contribution is -0.0328. The minimum absolute atomic E-state index is 0.0526. The van der Waals surface area contributed by atoms with Crippen LogP contribution in [0.5, 0.6) is 0 Å². The number of benzene rings is 1. The average Bonchev–Trinajstić information content (AvgIpc) is 3.21. The summed E-state index contributed by atoms with van der Waals surface area (Å²) >= 11 is -0.205. The summed E-state index contributed by atoms with van der Waals surface area (Å²) in [5.41, 5.74) is -3.94. The predicted octanol–water partition coefficient (Wildman–Crippen LogP) is 4.11. The maximum atomic E-state index is 12.3. The maximum absolute atomic E-state index is 12.3. The highest BCUT2D eigenvalue weighted by Crippen LogP contribution is 2.36. The molecular formula is C18H17F3N6OS. The molecule has 3 rings (SSSR count). The minimum atomic E-state index is -4.34. The number of nitrogens with one attached hydrogen (secondary N) is 3. The molecular weight excluding hydrogens is 405 g/mol. The Bertz CT molecular complexity index is 932. The van der Waals surface area contributed by atoms with Crippen molar-refractivity contribution in [2.45, 2.75) is 10.4 Å². The molecule has 0 saturated carbocycles. The number of hydrogen-bond acceptors (Lipinski definition) is 5. The van der Waals surface area contributed by atoms with Crippen molar-refractivity contribution < 1.29 is 18.0 Å². The van der Waals surface area contributed by atoms with Crippen LogP contribution in [0.1, 0.15) is 0 Å². The number of aromatic nitrogens is 3. The van der Waals surface area contributed by atoms with Crippen LogP contribution in [0.25, 0.3) is 5.82 Å². The van der Waals surface area contributed by atoms with Crippen molar-refractivity contribution in [3.63, 3.8) is 0 Å². The lowest BCUT2D eigenvalue weighted by Crippen LogP contribution is -2.32. The molecule has 0 radical (unpaired) electrons. The highest BCUT2D eigenvalue weighted by Gasteiger charge is 2.29. The molecule has 152 valence electrons. The summed E-state index contributed by atoms with van der Waals surface area (Å²) in [6.45, 7) is 0.743. The molecule has 0 unspecified atom stereocenters. The summed E-state index contributed by atoms with van der Waals surface area (Å²) in [6, 6.07) is 10.5. The van der Waals surface area contributed by atoms with Gasteiger partial charge in [0, 0.05) is 42.1 Å². The number of anilines is 2. The molecule has 1 aromatic carbocycles. The van der Waals surface area contributed by atoms with Gasteiger partial charge < -0.3 is 20.5 Å². The van der Waals surface area contributed by atoms with Gasteiger partial charge in [0.2, 0.25) is 0 Å². The Morgan fingerprint density at radius 2 is 1.79 bits per heavy atom. The molecule has 0 fully saturated rings. The van der Waals surface area contributed by atoms with Gasteiger partial charge in [0.05, 0.1) is 0 Å². The Balaban J connectivity index is 1.41. The van der Waals surface area contributed by atoms with Crippen LogP contribution in [-0.4, -0.2) is 39.2 Å². The van der Waals surface area contributed by atoms with Crippen molar-refractivity contribution in [2.24, 2.45) is 0 Å². The number of thioether (sulfide) groups is 1. The second-order valence-corrected chi connectivity index (χ2v) is 6.87. The monoisotopic (exact) mass is 422 g/mol. The highest BCUT2D eigenvalue weighted by atomic mass is 32.2. The fourth-order valence-electron chi connectivity index (χ4n) is 2.35. The molecule has 0 saturated heterocycles. The van der Waals surface area contributed by atoms with Crippen LogP contribution in [0.3, 0.4) is 0 Å². The third-order valence-electron chi connectivity index (χ3n) is 3.58. The van der Waals surface area contributed by atoms with E-state index in [4.69, 9.17) is 0 Å². The predicted molar refractivity (Wildman–Crippen MR) is 105 cm³/mol. The highest BCUT2D eigenvalue weighted by molar-refractivity contribution is 8.00. The molecule has 0 spiro atoms. The number of halogens is 3. The van der Waals surface area contributed by atoms with Gasteiger partial charge in [-0.1, -0.05) is 0 Å². The topological polar surface area (TPSA) is 83.9 Å². The lowest BCUT2D eigenvalue weighted by atomic mass is 10.3. The van der Waals surface area contributed by atoms with Crippen molar-refractivity contribution >= 4 is 29.3 Å². The first kappa shape index (κ1) is 20.5. The number of hydrogen-bond donors (Lipinski definition) is 3. The van der Waals surface area contributed by atoms with E-state index in [0.717, 1.165) is 0 Å². The van der Waals surface area contributed by atoms with Gasteiger partial charge in [0.1, 0.15) is 18.0 Å². The molecule has 0 aliphatic carbocycles. The van der Waals surface area contributed by atoms with E-state index in [1.54, 1.807) is 6.07 Å².